The zero-order chi connectivity index (χ0) is 19.8. The highest BCUT2D eigenvalue weighted by Crippen LogP contribution is 2.26. The van der Waals surface area contributed by atoms with E-state index in [2.05, 4.69) is 15.4 Å². The molecule has 0 fully saturated rings. The van der Waals surface area contributed by atoms with Crippen LogP contribution >= 0.6 is 0 Å². The number of anilines is 1. The maximum absolute atomic E-state index is 12.8. The van der Waals surface area contributed by atoms with Crippen LogP contribution in [0.4, 0.5) is 5.69 Å². The third-order valence-corrected chi connectivity index (χ3v) is 4.87. The lowest BCUT2D eigenvalue weighted by atomic mass is 10.1. The smallest absolute Gasteiger partial charge is 0.272 e. The predicted octanol–water partition coefficient (Wildman–Crippen LogP) is 4.54. The molecule has 6 heteroatoms. The molecule has 0 aliphatic rings. The fourth-order valence-corrected chi connectivity index (χ4v) is 3.43. The van der Waals surface area contributed by atoms with Crippen LogP contribution in [-0.2, 0) is 0 Å². The molecule has 2 aromatic heterocycles. The molecule has 2 aromatic carbocycles. The number of carbonyl (C=O) groups excluding carboxylic acids is 1. The van der Waals surface area contributed by atoms with Gasteiger partial charge in [0.25, 0.3) is 5.91 Å². The Hall–Kier alpha value is -3.54. The molecule has 0 saturated heterocycles. The third-order valence-electron chi connectivity index (χ3n) is 4.87. The molecule has 1 amide bonds. The van der Waals surface area contributed by atoms with Gasteiger partial charge in [-0.05, 0) is 74.9 Å². The van der Waals surface area contributed by atoms with Gasteiger partial charge >= 0.3 is 0 Å². The quantitative estimate of drug-likeness (QED) is 0.551. The maximum Gasteiger partial charge on any atom is 0.272 e. The second-order valence-electron chi connectivity index (χ2n) is 6.88. The summed E-state index contributed by atoms with van der Waals surface area (Å²) in [6.07, 6.45) is 0. The molecule has 0 atom stereocenters. The van der Waals surface area contributed by atoms with E-state index in [-0.39, 0.29) is 5.91 Å². The van der Waals surface area contributed by atoms with E-state index in [0.717, 1.165) is 45.0 Å². The topological polar surface area (TPSA) is 71.9 Å². The van der Waals surface area contributed by atoms with Crippen LogP contribution in [0, 0.1) is 20.8 Å². The van der Waals surface area contributed by atoms with Crippen molar-refractivity contribution in [2.45, 2.75) is 20.8 Å². The van der Waals surface area contributed by atoms with Gasteiger partial charge in [-0.25, -0.2) is 4.68 Å². The molecule has 0 saturated carbocycles. The molecular formula is C22H22N4O2. The number of hydrogen-bond acceptors (Lipinski definition) is 3. The number of rotatable bonds is 4. The van der Waals surface area contributed by atoms with E-state index in [9.17, 15) is 4.79 Å². The highest BCUT2D eigenvalue weighted by Gasteiger charge is 2.15. The predicted molar refractivity (Wildman–Crippen MR) is 111 cm³/mol. The number of carbonyl (C=O) groups is 1. The SMILES string of the molecule is COc1ccc2[nH]c(C(=O)Nc3ccc(-n4nc(C)cc4C)cc3)c(C)c2c1. The van der Waals surface area contributed by atoms with Gasteiger partial charge in [0.2, 0.25) is 0 Å². The molecule has 28 heavy (non-hydrogen) atoms. The maximum atomic E-state index is 12.8. The molecule has 0 aliphatic carbocycles. The number of fused-ring (bicyclic) bond motifs is 1. The van der Waals surface area contributed by atoms with Crippen LogP contribution < -0.4 is 10.1 Å². The van der Waals surface area contributed by atoms with E-state index in [1.165, 1.54) is 0 Å². The molecule has 4 aromatic rings. The summed E-state index contributed by atoms with van der Waals surface area (Å²) in [5.74, 6) is 0.591. The summed E-state index contributed by atoms with van der Waals surface area (Å²) < 4.78 is 7.16. The van der Waals surface area contributed by atoms with Gasteiger partial charge < -0.3 is 15.0 Å². The molecule has 0 bridgehead atoms. The van der Waals surface area contributed by atoms with Crippen LogP contribution in [0.1, 0.15) is 27.4 Å². The first-order valence-corrected chi connectivity index (χ1v) is 9.07. The van der Waals surface area contributed by atoms with Crippen LogP contribution in [0.2, 0.25) is 0 Å². The van der Waals surface area contributed by atoms with Crippen LogP contribution in [0.5, 0.6) is 5.75 Å². The van der Waals surface area contributed by atoms with Gasteiger partial charge in [-0.3, -0.25) is 4.79 Å². The van der Waals surface area contributed by atoms with E-state index in [0.29, 0.717) is 5.69 Å². The monoisotopic (exact) mass is 374 g/mol. The summed E-state index contributed by atoms with van der Waals surface area (Å²) in [5, 5.41) is 8.42. The number of ether oxygens (including phenoxy) is 1. The number of aromatic nitrogens is 3. The number of nitrogens with zero attached hydrogens (tertiary/aromatic N) is 2. The minimum Gasteiger partial charge on any atom is -0.497 e. The van der Waals surface area contributed by atoms with Crippen molar-refractivity contribution in [1.29, 1.82) is 0 Å². The Morgan fingerprint density at radius 1 is 1.07 bits per heavy atom. The first-order valence-electron chi connectivity index (χ1n) is 9.07. The van der Waals surface area contributed by atoms with E-state index in [1.807, 2.05) is 74.0 Å². The normalized spacial score (nSPS) is 11.0. The molecule has 0 spiro atoms. The molecule has 2 heterocycles. The number of aromatic amines is 1. The van der Waals surface area contributed by atoms with E-state index in [1.54, 1.807) is 7.11 Å². The van der Waals surface area contributed by atoms with Crippen molar-refractivity contribution in [2.75, 3.05) is 12.4 Å². The zero-order valence-electron chi connectivity index (χ0n) is 16.3. The Morgan fingerprint density at radius 2 is 1.82 bits per heavy atom. The lowest BCUT2D eigenvalue weighted by Crippen LogP contribution is -2.13. The van der Waals surface area contributed by atoms with E-state index >= 15 is 0 Å². The van der Waals surface area contributed by atoms with Crippen LogP contribution in [0.15, 0.2) is 48.5 Å². The van der Waals surface area contributed by atoms with Crippen molar-refractivity contribution in [3.05, 3.63) is 71.2 Å². The van der Waals surface area contributed by atoms with E-state index in [4.69, 9.17) is 4.74 Å². The van der Waals surface area contributed by atoms with Crippen LogP contribution in [0.25, 0.3) is 16.6 Å². The second kappa shape index (κ2) is 6.88. The fourth-order valence-electron chi connectivity index (χ4n) is 3.43. The first kappa shape index (κ1) is 17.9. The molecule has 0 radical (unpaired) electrons. The number of aryl methyl sites for hydroxylation is 3. The van der Waals surface area contributed by atoms with E-state index < -0.39 is 0 Å². The number of amides is 1. The Kier molecular flexibility index (Phi) is 4.39. The Bertz CT molecular complexity index is 1170. The largest absolute Gasteiger partial charge is 0.497 e. The third kappa shape index (κ3) is 3.13. The van der Waals surface area contributed by atoms with Gasteiger partial charge in [-0.1, -0.05) is 0 Å². The van der Waals surface area contributed by atoms with Gasteiger partial charge in [-0.15, -0.1) is 0 Å². The lowest BCUT2D eigenvalue weighted by molar-refractivity contribution is 0.102. The number of hydrogen-bond donors (Lipinski definition) is 2. The summed E-state index contributed by atoms with van der Waals surface area (Å²) in [7, 11) is 1.63. The lowest BCUT2D eigenvalue weighted by Gasteiger charge is -2.08. The summed E-state index contributed by atoms with van der Waals surface area (Å²) >= 11 is 0. The molecule has 6 nitrogen and oxygen atoms in total. The molecule has 0 aliphatic heterocycles. The molecule has 2 N–H and O–H groups in total. The van der Waals surface area contributed by atoms with Gasteiger partial charge in [0.15, 0.2) is 0 Å². The number of nitrogens with one attached hydrogen (secondary N) is 2. The number of methoxy groups -OCH3 is 1. The summed E-state index contributed by atoms with van der Waals surface area (Å²) in [6.45, 7) is 5.92. The Labute approximate surface area is 163 Å². The standard InChI is InChI=1S/C22H22N4O2/c1-13-11-14(2)26(25-13)17-7-5-16(6-8-17)23-22(27)21-15(3)19-12-18(28-4)9-10-20(19)24-21/h5-12,24H,1-4H3,(H,23,27). The summed E-state index contributed by atoms with van der Waals surface area (Å²) in [4.78, 5) is 16.0. The zero-order valence-corrected chi connectivity index (χ0v) is 16.3. The van der Waals surface area contributed by atoms with Crippen LogP contribution in [0.3, 0.4) is 0 Å². The highest BCUT2D eigenvalue weighted by molar-refractivity contribution is 6.08. The Balaban J connectivity index is 1.57. The first-order chi connectivity index (χ1) is 13.5. The molecule has 4 rings (SSSR count). The molecular weight excluding hydrogens is 352 g/mol. The molecule has 142 valence electrons. The van der Waals surface area contributed by atoms with Crippen LogP contribution in [-0.4, -0.2) is 27.8 Å². The minimum atomic E-state index is -0.175. The van der Waals surface area contributed by atoms with Crippen molar-refractivity contribution in [1.82, 2.24) is 14.8 Å². The van der Waals surface area contributed by atoms with Gasteiger partial charge in [0.05, 0.1) is 18.5 Å². The van der Waals surface area contributed by atoms with Gasteiger partial charge in [0, 0.05) is 22.3 Å². The van der Waals surface area contributed by atoms with Crippen molar-refractivity contribution >= 4 is 22.5 Å². The average Bonchev–Trinajstić information content (AvgIpc) is 3.20. The van der Waals surface area contributed by atoms with Crippen molar-refractivity contribution in [3.8, 4) is 11.4 Å². The Morgan fingerprint density at radius 3 is 2.46 bits per heavy atom. The average molecular weight is 374 g/mol. The minimum absolute atomic E-state index is 0.175. The summed E-state index contributed by atoms with van der Waals surface area (Å²) in [6, 6.07) is 15.4. The van der Waals surface area contributed by atoms with Crippen molar-refractivity contribution < 1.29 is 9.53 Å². The fraction of sp³-hybridized carbons (Fsp3) is 0.182. The van der Waals surface area contributed by atoms with Gasteiger partial charge in [0.1, 0.15) is 11.4 Å². The van der Waals surface area contributed by atoms with Gasteiger partial charge in [-0.2, -0.15) is 5.10 Å². The van der Waals surface area contributed by atoms with Crippen molar-refractivity contribution in [3.63, 3.8) is 0 Å². The number of H-pyrrole nitrogens is 1. The summed E-state index contributed by atoms with van der Waals surface area (Å²) in [5.41, 5.74) is 6.07. The number of benzene rings is 2. The molecule has 0 unspecified atom stereocenters. The second-order valence-corrected chi connectivity index (χ2v) is 6.88. The van der Waals surface area contributed by atoms with Crippen molar-refractivity contribution in [2.24, 2.45) is 0 Å². The highest BCUT2D eigenvalue weighted by atomic mass is 16.5.